The Labute approximate surface area is 136 Å². The number of pyridine rings is 1. The van der Waals surface area contributed by atoms with Crippen molar-refractivity contribution in [3.8, 4) is 0 Å². The Morgan fingerprint density at radius 2 is 1.87 bits per heavy atom. The number of hydrogen-bond acceptors (Lipinski definition) is 4. The zero-order valence-electron chi connectivity index (χ0n) is 13.4. The molecular weight excluding hydrogens is 294 g/mol. The number of rotatable bonds is 2. The number of hydrogen-bond donors (Lipinski definition) is 2. The summed E-state index contributed by atoms with van der Waals surface area (Å²) >= 11 is 0. The van der Waals surface area contributed by atoms with Gasteiger partial charge in [-0.1, -0.05) is 12.8 Å². The first-order valence-electron chi connectivity index (χ1n) is 8.55. The number of piperidine rings is 1. The Morgan fingerprint density at radius 1 is 1.13 bits per heavy atom. The van der Waals surface area contributed by atoms with E-state index in [1.165, 1.54) is 44.0 Å². The zero-order valence-corrected chi connectivity index (χ0v) is 13.4. The Balaban J connectivity index is 1.62. The third-order valence-electron chi connectivity index (χ3n) is 4.97. The van der Waals surface area contributed by atoms with Crippen LogP contribution in [0.25, 0.3) is 0 Å². The molecule has 2 fully saturated rings. The molecule has 2 saturated heterocycles. The van der Waals surface area contributed by atoms with E-state index in [4.69, 9.17) is 0 Å². The van der Waals surface area contributed by atoms with Crippen molar-refractivity contribution < 1.29 is 9.90 Å². The molecule has 1 aromatic heterocycles. The maximum Gasteiger partial charge on any atom is 0.255 e. The minimum absolute atomic E-state index is 0.130. The summed E-state index contributed by atoms with van der Waals surface area (Å²) < 4.78 is 0. The highest BCUT2D eigenvalue weighted by atomic mass is 16.3. The van der Waals surface area contributed by atoms with Gasteiger partial charge in [0.25, 0.3) is 5.91 Å². The lowest BCUT2D eigenvalue weighted by Crippen LogP contribution is -2.55. The smallest absolute Gasteiger partial charge is 0.255 e. The van der Waals surface area contributed by atoms with E-state index >= 15 is 0 Å². The van der Waals surface area contributed by atoms with Crippen LogP contribution in [0.2, 0.25) is 0 Å². The molecule has 2 aliphatic rings. The molecule has 2 aliphatic heterocycles. The van der Waals surface area contributed by atoms with Crippen molar-refractivity contribution in [2.24, 2.45) is 0 Å². The fourth-order valence-electron chi connectivity index (χ4n) is 3.68. The second kappa shape index (κ2) is 7.27. The molecule has 0 bridgehead atoms. The number of H-pyrrole nitrogens is 1. The van der Waals surface area contributed by atoms with Gasteiger partial charge in [-0.2, -0.15) is 0 Å². The summed E-state index contributed by atoms with van der Waals surface area (Å²) in [6, 6.07) is 3.05. The van der Waals surface area contributed by atoms with E-state index in [1.54, 1.807) is 4.90 Å². The lowest BCUT2D eigenvalue weighted by atomic mass is 9.99. The third kappa shape index (κ3) is 3.82. The van der Waals surface area contributed by atoms with Gasteiger partial charge in [-0.25, -0.2) is 0 Å². The average molecular weight is 319 g/mol. The van der Waals surface area contributed by atoms with Crippen molar-refractivity contribution in [1.29, 1.82) is 0 Å². The van der Waals surface area contributed by atoms with Crippen molar-refractivity contribution in [3.05, 3.63) is 34.2 Å². The van der Waals surface area contributed by atoms with Crippen LogP contribution in [0.3, 0.4) is 0 Å². The summed E-state index contributed by atoms with van der Waals surface area (Å²) in [6.45, 7) is 3.11. The fourth-order valence-corrected chi connectivity index (χ4v) is 3.68. The van der Waals surface area contributed by atoms with Crippen molar-refractivity contribution in [2.45, 2.75) is 44.2 Å². The van der Waals surface area contributed by atoms with Crippen LogP contribution in [0.15, 0.2) is 23.1 Å². The summed E-state index contributed by atoms with van der Waals surface area (Å²) in [5.41, 5.74) is 0.242. The van der Waals surface area contributed by atoms with E-state index in [2.05, 4.69) is 9.88 Å². The SMILES string of the molecule is O=C(c1ccc(=O)[nH]c1)N1CC[C@@H](N2CCCCCC2)[C@H](O)C1. The number of aromatic amines is 1. The first-order valence-corrected chi connectivity index (χ1v) is 8.55. The van der Waals surface area contributed by atoms with Crippen LogP contribution >= 0.6 is 0 Å². The predicted molar refractivity (Wildman–Crippen MR) is 87.4 cm³/mol. The van der Waals surface area contributed by atoms with Gasteiger partial charge >= 0.3 is 0 Å². The summed E-state index contributed by atoms with van der Waals surface area (Å²) in [7, 11) is 0. The average Bonchev–Trinajstić information content (AvgIpc) is 2.84. The standard InChI is InChI=1S/C17H25N3O3/c21-15-12-20(17(23)13-5-6-16(22)18-11-13)10-7-14(15)19-8-3-1-2-4-9-19/h5-6,11,14-15,21H,1-4,7-10,12H2,(H,18,22)/t14-,15-/m1/s1. The molecule has 3 rings (SSSR count). The molecule has 3 heterocycles. The molecule has 0 saturated carbocycles. The number of carbonyl (C=O) groups is 1. The monoisotopic (exact) mass is 319 g/mol. The van der Waals surface area contributed by atoms with Gasteiger partial charge in [-0.05, 0) is 38.4 Å². The quantitative estimate of drug-likeness (QED) is 0.846. The Bertz CT molecular complexity index is 572. The van der Waals surface area contributed by atoms with Crippen molar-refractivity contribution >= 4 is 5.91 Å². The van der Waals surface area contributed by atoms with Crippen molar-refractivity contribution in [2.75, 3.05) is 26.2 Å². The molecular formula is C17H25N3O3. The van der Waals surface area contributed by atoms with E-state index in [9.17, 15) is 14.7 Å². The van der Waals surface area contributed by atoms with E-state index in [0.29, 0.717) is 18.7 Å². The van der Waals surface area contributed by atoms with E-state index in [1.807, 2.05) is 0 Å². The highest BCUT2D eigenvalue weighted by Crippen LogP contribution is 2.22. The first kappa shape index (κ1) is 16.2. The lowest BCUT2D eigenvalue weighted by molar-refractivity contribution is -0.00807. The number of amides is 1. The molecule has 2 atom stereocenters. The van der Waals surface area contributed by atoms with Crippen molar-refractivity contribution in [3.63, 3.8) is 0 Å². The van der Waals surface area contributed by atoms with Crippen LogP contribution in [-0.2, 0) is 0 Å². The fraction of sp³-hybridized carbons (Fsp3) is 0.647. The van der Waals surface area contributed by atoms with Crippen LogP contribution in [0, 0.1) is 0 Å². The van der Waals surface area contributed by atoms with Crippen LogP contribution in [0.4, 0.5) is 0 Å². The number of aromatic nitrogens is 1. The van der Waals surface area contributed by atoms with Crippen molar-refractivity contribution in [1.82, 2.24) is 14.8 Å². The summed E-state index contributed by atoms with van der Waals surface area (Å²) in [4.78, 5) is 30.2. The van der Waals surface area contributed by atoms with Gasteiger partial charge in [0, 0.05) is 31.4 Å². The van der Waals surface area contributed by atoms with Crippen LogP contribution in [0.1, 0.15) is 42.5 Å². The van der Waals surface area contributed by atoms with Gasteiger partial charge in [-0.15, -0.1) is 0 Å². The molecule has 126 valence electrons. The molecule has 1 aromatic rings. The predicted octanol–water partition coefficient (Wildman–Crippen LogP) is 0.826. The Hall–Kier alpha value is -1.66. The molecule has 0 aliphatic carbocycles. The topological polar surface area (TPSA) is 76.6 Å². The molecule has 0 radical (unpaired) electrons. The van der Waals surface area contributed by atoms with Crippen LogP contribution in [-0.4, -0.2) is 64.1 Å². The second-order valence-electron chi connectivity index (χ2n) is 6.57. The number of aliphatic hydroxyl groups is 1. The number of carbonyl (C=O) groups excluding carboxylic acids is 1. The van der Waals surface area contributed by atoms with E-state index in [0.717, 1.165) is 19.5 Å². The zero-order chi connectivity index (χ0) is 16.2. The van der Waals surface area contributed by atoms with Crippen LogP contribution in [0.5, 0.6) is 0 Å². The third-order valence-corrected chi connectivity index (χ3v) is 4.97. The van der Waals surface area contributed by atoms with Gasteiger partial charge in [0.05, 0.1) is 11.7 Å². The summed E-state index contributed by atoms with van der Waals surface area (Å²) in [6.07, 6.45) is 6.68. The molecule has 1 amide bonds. The normalized spacial score (nSPS) is 26.7. The van der Waals surface area contributed by atoms with Gasteiger partial charge in [0.2, 0.25) is 5.56 Å². The molecule has 23 heavy (non-hydrogen) atoms. The minimum atomic E-state index is -0.506. The minimum Gasteiger partial charge on any atom is -0.390 e. The van der Waals surface area contributed by atoms with Gasteiger partial charge in [0.1, 0.15) is 0 Å². The molecule has 0 spiro atoms. The lowest BCUT2D eigenvalue weighted by Gasteiger charge is -2.41. The largest absolute Gasteiger partial charge is 0.390 e. The maximum atomic E-state index is 12.5. The maximum absolute atomic E-state index is 12.5. The summed E-state index contributed by atoms with van der Waals surface area (Å²) in [5, 5.41) is 10.5. The van der Waals surface area contributed by atoms with Gasteiger partial charge < -0.3 is 15.0 Å². The van der Waals surface area contributed by atoms with E-state index < -0.39 is 6.10 Å². The van der Waals surface area contributed by atoms with E-state index in [-0.39, 0.29) is 17.5 Å². The number of likely N-dealkylation sites (tertiary alicyclic amines) is 2. The van der Waals surface area contributed by atoms with Gasteiger partial charge in [0.15, 0.2) is 0 Å². The summed E-state index contributed by atoms with van der Waals surface area (Å²) in [5.74, 6) is -0.130. The number of nitrogens with zero attached hydrogens (tertiary/aromatic N) is 2. The highest BCUT2D eigenvalue weighted by Gasteiger charge is 2.34. The van der Waals surface area contributed by atoms with Crippen LogP contribution < -0.4 is 5.56 Å². The molecule has 2 N–H and O–H groups in total. The molecule has 6 heteroatoms. The first-order chi connectivity index (χ1) is 11.1. The Morgan fingerprint density at radius 3 is 2.48 bits per heavy atom. The number of aliphatic hydroxyl groups excluding tert-OH is 1. The molecule has 0 aromatic carbocycles. The molecule has 0 unspecified atom stereocenters. The van der Waals surface area contributed by atoms with Gasteiger partial charge in [-0.3, -0.25) is 14.5 Å². The molecule has 6 nitrogen and oxygen atoms in total. The number of nitrogens with one attached hydrogen (secondary N) is 1. The second-order valence-corrected chi connectivity index (χ2v) is 6.57. The highest BCUT2D eigenvalue weighted by molar-refractivity contribution is 5.93. The number of β-amino-alcohol motifs (C(OH)–C–C–N with tert-alkyl or cyclic N) is 1. The Kier molecular flexibility index (Phi) is 5.13.